The lowest BCUT2D eigenvalue weighted by Crippen LogP contribution is -2.26. The Morgan fingerprint density at radius 3 is 3.06 bits per heavy atom. The van der Waals surface area contributed by atoms with Gasteiger partial charge < -0.3 is 14.8 Å². The summed E-state index contributed by atoms with van der Waals surface area (Å²) in [6, 6.07) is 3.39. The first-order valence-electron chi connectivity index (χ1n) is 5.84. The van der Waals surface area contributed by atoms with E-state index in [1.165, 1.54) is 19.1 Å². The Kier molecular flexibility index (Phi) is 3.64. The first kappa shape index (κ1) is 11.9. The molecule has 1 aliphatic rings. The summed E-state index contributed by atoms with van der Waals surface area (Å²) in [6.45, 7) is 2.14. The zero-order valence-electron chi connectivity index (χ0n) is 9.85. The van der Waals surface area contributed by atoms with Crippen molar-refractivity contribution in [3.63, 3.8) is 0 Å². The summed E-state index contributed by atoms with van der Waals surface area (Å²) >= 11 is 0. The van der Waals surface area contributed by atoms with Crippen molar-refractivity contribution in [2.24, 2.45) is 5.92 Å². The summed E-state index contributed by atoms with van der Waals surface area (Å²) in [4.78, 5) is 11.5. The van der Waals surface area contributed by atoms with E-state index < -0.39 is 6.10 Å². The molecule has 92 valence electrons. The average molecular weight is 235 g/mol. The second-order valence-electron chi connectivity index (χ2n) is 4.44. The van der Waals surface area contributed by atoms with Crippen molar-refractivity contribution in [3.8, 4) is 0 Å². The van der Waals surface area contributed by atoms with Crippen molar-refractivity contribution in [2.75, 3.05) is 6.54 Å². The molecule has 1 amide bonds. The smallest absolute Gasteiger partial charge is 0.244 e. The van der Waals surface area contributed by atoms with Gasteiger partial charge in [-0.05, 0) is 37.8 Å². The van der Waals surface area contributed by atoms with Crippen molar-refractivity contribution in [1.29, 1.82) is 0 Å². The topological polar surface area (TPSA) is 62.5 Å². The van der Waals surface area contributed by atoms with Gasteiger partial charge in [0.05, 0.1) is 12.8 Å². The summed E-state index contributed by atoms with van der Waals surface area (Å²) in [6.07, 6.45) is 4.70. The van der Waals surface area contributed by atoms with E-state index >= 15 is 0 Å². The summed E-state index contributed by atoms with van der Waals surface area (Å²) in [5.41, 5.74) is 1.12. The van der Waals surface area contributed by atoms with Gasteiger partial charge in [-0.15, -0.1) is 0 Å². The maximum absolute atomic E-state index is 11.5. The van der Waals surface area contributed by atoms with Crippen LogP contribution in [0.5, 0.6) is 0 Å². The average Bonchev–Trinajstić information content (AvgIpc) is 3.02. The SMILES string of the molecule is C/C(=C/C(=O)NCC(O)c1ccco1)C1CC1. The number of allylic oxidation sites excluding steroid dienone is 1. The molecule has 1 fully saturated rings. The van der Waals surface area contributed by atoms with Gasteiger partial charge in [0.1, 0.15) is 11.9 Å². The molecule has 4 heteroatoms. The van der Waals surface area contributed by atoms with Gasteiger partial charge in [0, 0.05) is 6.08 Å². The maximum atomic E-state index is 11.5. The van der Waals surface area contributed by atoms with Crippen LogP contribution in [0.15, 0.2) is 34.5 Å². The van der Waals surface area contributed by atoms with Crippen molar-refractivity contribution < 1.29 is 14.3 Å². The van der Waals surface area contributed by atoms with Crippen LogP contribution in [-0.2, 0) is 4.79 Å². The van der Waals surface area contributed by atoms with Gasteiger partial charge in [0.15, 0.2) is 0 Å². The van der Waals surface area contributed by atoms with E-state index in [0.29, 0.717) is 11.7 Å². The molecule has 0 spiro atoms. The van der Waals surface area contributed by atoms with Crippen LogP contribution in [0.25, 0.3) is 0 Å². The number of rotatable bonds is 5. The molecule has 0 aliphatic heterocycles. The number of furan rings is 1. The predicted octanol–water partition coefficient (Wildman–Crippen LogP) is 1.79. The van der Waals surface area contributed by atoms with Crippen molar-refractivity contribution in [2.45, 2.75) is 25.9 Å². The van der Waals surface area contributed by atoms with Crippen LogP contribution in [0.4, 0.5) is 0 Å². The van der Waals surface area contributed by atoms with Gasteiger partial charge >= 0.3 is 0 Å². The molecule has 1 saturated carbocycles. The minimum absolute atomic E-state index is 0.153. The molecular formula is C13H17NO3. The molecule has 4 nitrogen and oxygen atoms in total. The fourth-order valence-electron chi connectivity index (χ4n) is 1.69. The second-order valence-corrected chi connectivity index (χ2v) is 4.44. The quantitative estimate of drug-likeness (QED) is 0.765. The molecule has 1 heterocycles. The van der Waals surface area contributed by atoms with Gasteiger partial charge in [-0.25, -0.2) is 0 Å². The van der Waals surface area contributed by atoms with Gasteiger partial charge in [-0.2, -0.15) is 0 Å². The third-order valence-electron chi connectivity index (χ3n) is 2.92. The minimum atomic E-state index is -0.788. The highest BCUT2D eigenvalue weighted by Crippen LogP contribution is 2.35. The molecule has 0 bridgehead atoms. The molecule has 1 unspecified atom stereocenters. The molecule has 1 aromatic rings. The summed E-state index contributed by atoms with van der Waals surface area (Å²) in [7, 11) is 0. The number of nitrogens with one attached hydrogen (secondary N) is 1. The molecule has 17 heavy (non-hydrogen) atoms. The Hall–Kier alpha value is -1.55. The third-order valence-corrected chi connectivity index (χ3v) is 2.92. The highest BCUT2D eigenvalue weighted by atomic mass is 16.4. The van der Waals surface area contributed by atoms with Crippen LogP contribution in [0, 0.1) is 5.92 Å². The van der Waals surface area contributed by atoms with E-state index in [1.807, 2.05) is 6.92 Å². The molecule has 1 aromatic heterocycles. The zero-order valence-corrected chi connectivity index (χ0v) is 9.85. The molecule has 1 aliphatic carbocycles. The first-order valence-corrected chi connectivity index (χ1v) is 5.84. The Balaban J connectivity index is 1.78. The van der Waals surface area contributed by atoms with E-state index in [1.54, 1.807) is 18.2 Å². The van der Waals surface area contributed by atoms with Gasteiger partial charge in [-0.1, -0.05) is 5.57 Å². The number of carbonyl (C=O) groups is 1. The third kappa shape index (κ3) is 3.46. The fraction of sp³-hybridized carbons (Fsp3) is 0.462. The Bertz CT molecular complexity index is 404. The molecular weight excluding hydrogens is 218 g/mol. The highest BCUT2D eigenvalue weighted by Gasteiger charge is 2.23. The van der Waals surface area contributed by atoms with Crippen LogP contribution in [0.1, 0.15) is 31.6 Å². The molecule has 0 aromatic carbocycles. The van der Waals surface area contributed by atoms with Gasteiger partial charge in [0.25, 0.3) is 0 Å². The second kappa shape index (κ2) is 5.19. The lowest BCUT2D eigenvalue weighted by atomic mass is 10.2. The predicted molar refractivity (Wildman–Crippen MR) is 63.2 cm³/mol. The highest BCUT2D eigenvalue weighted by molar-refractivity contribution is 5.88. The van der Waals surface area contributed by atoms with Crippen LogP contribution in [0.2, 0.25) is 0 Å². The van der Waals surface area contributed by atoms with Gasteiger partial charge in [0.2, 0.25) is 5.91 Å². The monoisotopic (exact) mass is 235 g/mol. The van der Waals surface area contributed by atoms with E-state index in [9.17, 15) is 9.90 Å². The van der Waals surface area contributed by atoms with Crippen LogP contribution in [-0.4, -0.2) is 17.6 Å². The Morgan fingerprint density at radius 1 is 1.71 bits per heavy atom. The molecule has 2 N–H and O–H groups in total. The largest absolute Gasteiger partial charge is 0.467 e. The lowest BCUT2D eigenvalue weighted by molar-refractivity contribution is -0.117. The maximum Gasteiger partial charge on any atom is 0.244 e. The van der Waals surface area contributed by atoms with Crippen LogP contribution >= 0.6 is 0 Å². The summed E-state index contributed by atoms with van der Waals surface area (Å²) < 4.78 is 5.04. The number of amides is 1. The first-order chi connectivity index (χ1) is 8.16. The standard InChI is InChI=1S/C13H17NO3/c1-9(10-4-5-10)7-13(16)14-8-11(15)12-3-2-6-17-12/h2-3,6-7,10-11,15H,4-5,8H2,1H3,(H,14,16)/b9-7-. The number of hydrogen-bond donors (Lipinski definition) is 2. The number of hydrogen-bond acceptors (Lipinski definition) is 3. The molecule has 0 radical (unpaired) electrons. The van der Waals surface area contributed by atoms with Crippen molar-refractivity contribution >= 4 is 5.91 Å². The van der Waals surface area contributed by atoms with Crippen LogP contribution in [0.3, 0.4) is 0 Å². The van der Waals surface area contributed by atoms with E-state index in [0.717, 1.165) is 5.57 Å². The van der Waals surface area contributed by atoms with Gasteiger partial charge in [-0.3, -0.25) is 4.79 Å². The molecule has 2 rings (SSSR count). The fourth-order valence-corrected chi connectivity index (χ4v) is 1.69. The number of carbonyl (C=O) groups excluding carboxylic acids is 1. The van der Waals surface area contributed by atoms with E-state index in [2.05, 4.69) is 5.32 Å². The van der Waals surface area contributed by atoms with E-state index in [4.69, 9.17) is 4.42 Å². The number of aliphatic hydroxyl groups is 1. The zero-order chi connectivity index (χ0) is 12.3. The molecule has 1 atom stereocenters. The van der Waals surface area contributed by atoms with Crippen LogP contribution < -0.4 is 5.32 Å². The lowest BCUT2D eigenvalue weighted by Gasteiger charge is -2.08. The van der Waals surface area contributed by atoms with E-state index in [-0.39, 0.29) is 12.5 Å². The number of aliphatic hydroxyl groups excluding tert-OH is 1. The Labute approximate surface area is 100 Å². The Morgan fingerprint density at radius 2 is 2.47 bits per heavy atom. The van der Waals surface area contributed by atoms with Crippen molar-refractivity contribution in [3.05, 3.63) is 35.8 Å². The summed E-state index contributed by atoms with van der Waals surface area (Å²) in [5, 5.41) is 12.3. The minimum Gasteiger partial charge on any atom is -0.467 e. The normalized spacial score (nSPS) is 17.9. The van der Waals surface area contributed by atoms with Crippen molar-refractivity contribution in [1.82, 2.24) is 5.32 Å². The molecule has 0 saturated heterocycles. The summed E-state index contributed by atoms with van der Waals surface area (Å²) in [5.74, 6) is 0.906.